The Hall–Kier alpha value is -3.02. The van der Waals surface area contributed by atoms with Gasteiger partial charge in [0.2, 0.25) is 11.8 Å². The molecule has 1 fully saturated rings. The Labute approximate surface area is 156 Å². The fourth-order valence-electron chi connectivity index (χ4n) is 3.36. The van der Waals surface area contributed by atoms with Crippen molar-refractivity contribution in [3.8, 4) is 5.88 Å². The van der Waals surface area contributed by atoms with Crippen LogP contribution in [0, 0.1) is 5.82 Å². The van der Waals surface area contributed by atoms with Crippen molar-refractivity contribution in [2.45, 2.75) is 25.4 Å². The van der Waals surface area contributed by atoms with E-state index in [1.807, 2.05) is 29.2 Å². The number of rotatable bonds is 4. The number of carbonyl (C=O) groups is 1. The number of amides is 1. The maximum absolute atomic E-state index is 13.0. The minimum atomic E-state index is -0.291. The summed E-state index contributed by atoms with van der Waals surface area (Å²) in [5.41, 5.74) is 0.825. The van der Waals surface area contributed by atoms with E-state index >= 15 is 0 Å². The van der Waals surface area contributed by atoms with E-state index in [1.54, 1.807) is 18.3 Å². The van der Waals surface area contributed by atoms with E-state index in [1.165, 1.54) is 12.1 Å². The molecule has 1 amide bonds. The van der Waals surface area contributed by atoms with Crippen LogP contribution in [0.15, 0.2) is 54.7 Å². The Kier molecular flexibility index (Phi) is 4.96. The van der Waals surface area contributed by atoms with Crippen LogP contribution in [-0.4, -0.2) is 40.2 Å². The van der Waals surface area contributed by atoms with Crippen molar-refractivity contribution in [2.75, 3.05) is 13.1 Å². The molecule has 138 valence electrons. The highest BCUT2D eigenvalue weighted by Gasteiger charge is 2.24. The smallest absolute Gasteiger partial charge is 0.241 e. The van der Waals surface area contributed by atoms with E-state index in [-0.39, 0.29) is 17.8 Å². The summed E-state index contributed by atoms with van der Waals surface area (Å²) >= 11 is 0. The minimum absolute atomic E-state index is 0.0139. The molecule has 1 aliphatic heterocycles. The van der Waals surface area contributed by atoms with Crippen molar-refractivity contribution in [3.05, 3.63) is 66.1 Å². The number of hydrogen-bond donors (Lipinski definition) is 0. The molecule has 0 N–H and O–H groups in total. The first-order chi connectivity index (χ1) is 13.2. The van der Waals surface area contributed by atoms with Crippen molar-refractivity contribution in [3.63, 3.8) is 0 Å². The lowest BCUT2D eigenvalue weighted by Crippen LogP contribution is -2.42. The zero-order valence-electron chi connectivity index (χ0n) is 14.8. The summed E-state index contributed by atoms with van der Waals surface area (Å²) in [5, 5.41) is 10.1. The number of carbonyl (C=O) groups excluding carboxylic acids is 1. The molecule has 0 spiro atoms. The maximum Gasteiger partial charge on any atom is 0.241 e. The molecular formula is C21H20FN3O2. The summed E-state index contributed by atoms with van der Waals surface area (Å²) in [6.45, 7) is 1.28. The molecule has 27 heavy (non-hydrogen) atoms. The van der Waals surface area contributed by atoms with Gasteiger partial charge in [-0.2, -0.15) is 5.10 Å². The van der Waals surface area contributed by atoms with Gasteiger partial charge < -0.3 is 9.64 Å². The third-order valence-corrected chi connectivity index (χ3v) is 4.88. The molecule has 0 aliphatic carbocycles. The Balaban J connectivity index is 1.34. The van der Waals surface area contributed by atoms with Crippen molar-refractivity contribution in [1.82, 2.24) is 15.1 Å². The van der Waals surface area contributed by atoms with Crippen LogP contribution in [0.1, 0.15) is 18.4 Å². The van der Waals surface area contributed by atoms with E-state index < -0.39 is 0 Å². The topological polar surface area (TPSA) is 55.3 Å². The molecule has 2 heterocycles. The van der Waals surface area contributed by atoms with Crippen molar-refractivity contribution in [1.29, 1.82) is 0 Å². The minimum Gasteiger partial charge on any atom is -0.473 e. The molecule has 6 heteroatoms. The molecule has 0 unspecified atom stereocenters. The van der Waals surface area contributed by atoms with Gasteiger partial charge in [-0.1, -0.05) is 30.3 Å². The predicted molar refractivity (Wildman–Crippen MR) is 99.9 cm³/mol. The number of benzene rings is 2. The predicted octanol–water partition coefficient (Wildman–Crippen LogP) is 3.38. The van der Waals surface area contributed by atoms with Crippen LogP contribution >= 0.6 is 0 Å². The van der Waals surface area contributed by atoms with Gasteiger partial charge in [0.25, 0.3) is 0 Å². The van der Waals surface area contributed by atoms with Crippen LogP contribution in [0.2, 0.25) is 0 Å². The molecule has 2 aromatic carbocycles. The third kappa shape index (κ3) is 4.05. The Morgan fingerprint density at radius 3 is 2.63 bits per heavy atom. The lowest BCUT2D eigenvalue weighted by Gasteiger charge is -2.32. The molecule has 1 saturated heterocycles. The van der Waals surface area contributed by atoms with Gasteiger partial charge in [0.1, 0.15) is 11.9 Å². The van der Waals surface area contributed by atoms with Crippen molar-refractivity contribution < 1.29 is 13.9 Å². The fourth-order valence-corrected chi connectivity index (χ4v) is 3.36. The highest BCUT2D eigenvalue weighted by Crippen LogP contribution is 2.25. The summed E-state index contributed by atoms with van der Waals surface area (Å²) in [4.78, 5) is 14.3. The number of halogens is 1. The summed E-state index contributed by atoms with van der Waals surface area (Å²) < 4.78 is 19.1. The van der Waals surface area contributed by atoms with Crippen LogP contribution in [0.3, 0.4) is 0 Å². The molecule has 1 aliphatic rings. The summed E-state index contributed by atoms with van der Waals surface area (Å²) in [6.07, 6.45) is 3.53. The van der Waals surface area contributed by atoms with Gasteiger partial charge in [0, 0.05) is 36.7 Å². The number of aromatic nitrogens is 2. The summed E-state index contributed by atoms with van der Waals surface area (Å²) in [5.74, 6) is 0.315. The first kappa shape index (κ1) is 17.4. The SMILES string of the molecule is O=C(Cc1ccc(F)cc1)N1CCC(Oc2nncc3ccccc23)CC1. The number of fused-ring (bicyclic) bond motifs is 1. The lowest BCUT2D eigenvalue weighted by molar-refractivity contribution is -0.132. The van der Waals surface area contributed by atoms with E-state index in [4.69, 9.17) is 4.74 Å². The molecule has 0 radical (unpaired) electrons. The largest absolute Gasteiger partial charge is 0.473 e. The Morgan fingerprint density at radius 2 is 1.85 bits per heavy atom. The normalized spacial score (nSPS) is 15.1. The quantitative estimate of drug-likeness (QED) is 0.711. The van der Waals surface area contributed by atoms with Gasteiger partial charge >= 0.3 is 0 Å². The van der Waals surface area contributed by atoms with E-state index in [0.717, 1.165) is 29.2 Å². The Bertz CT molecular complexity index is 932. The summed E-state index contributed by atoms with van der Waals surface area (Å²) in [6, 6.07) is 13.9. The third-order valence-electron chi connectivity index (χ3n) is 4.88. The maximum atomic E-state index is 13.0. The van der Waals surface area contributed by atoms with E-state index in [9.17, 15) is 9.18 Å². The number of piperidine rings is 1. The molecule has 0 atom stereocenters. The molecule has 0 bridgehead atoms. The van der Waals surface area contributed by atoms with Gasteiger partial charge in [-0.15, -0.1) is 5.10 Å². The van der Waals surface area contributed by atoms with Crippen LogP contribution in [0.5, 0.6) is 5.88 Å². The monoisotopic (exact) mass is 365 g/mol. The van der Waals surface area contributed by atoms with Gasteiger partial charge in [0.05, 0.1) is 12.6 Å². The lowest BCUT2D eigenvalue weighted by atomic mass is 10.1. The van der Waals surface area contributed by atoms with Crippen LogP contribution < -0.4 is 4.74 Å². The molecular weight excluding hydrogens is 345 g/mol. The first-order valence-electron chi connectivity index (χ1n) is 9.08. The van der Waals surface area contributed by atoms with Crippen LogP contribution in [0.25, 0.3) is 10.8 Å². The molecule has 1 aromatic heterocycles. The average molecular weight is 365 g/mol. The van der Waals surface area contributed by atoms with Gasteiger partial charge in [-0.05, 0) is 23.8 Å². The standard InChI is InChI=1S/C21H20FN3O2/c22-17-7-5-15(6-8-17)13-20(26)25-11-9-18(10-12-25)27-21-19-4-2-1-3-16(19)14-23-24-21/h1-8,14,18H,9-13H2. The van der Waals surface area contributed by atoms with Gasteiger partial charge in [-0.3, -0.25) is 4.79 Å². The highest BCUT2D eigenvalue weighted by atomic mass is 19.1. The fraction of sp³-hybridized carbons (Fsp3) is 0.286. The average Bonchev–Trinajstić information content (AvgIpc) is 2.70. The van der Waals surface area contributed by atoms with Crippen molar-refractivity contribution in [2.24, 2.45) is 0 Å². The first-order valence-corrected chi connectivity index (χ1v) is 9.08. The second kappa shape index (κ2) is 7.70. The number of hydrogen-bond acceptors (Lipinski definition) is 4. The molecule has 4 rings (SSSR count). The zero-order chi connectivity index (χ0) is 18.6. The molecule has 5 nitrogen and oxygen atoms in total. The van der Waals surface area contributed by atoms with Gasteiger partial charge in [0.15, 0.2) is 0 Å². The summed E-state index contributed by atoms with van der Waals surface area (Å²) in [7, 11) is 0. The number of likely N-dealkylation sites (tertiary alicyclic amines) is 1. The van der Waals surface area contributed by atoms with E-state index in [0.29, 0.717) is 25.4 Å². The molecule has 3 aromatic rings. The highest BCUT2D eigenvalue weighted by molar-refractivity contribution is 5.85. The van der Waals surface area contributed by atoms with Crippen LogP contribution in [0.4, 0.5) is 4.39 Å². The zero-order valence-corrected chi connectivity index (χ0v) is 14.8. The van der Waals surface area contributed by atoms with Gasteiger partial charge in [-0.25, -0.2) is 4.39 Å². The van der Waals surface area contributed by atoms with E-state index in [2.05, 4.69) is 10.2 Å². The molecule has 0 saturated carbocycles. The second-order valence-electron chi connectivity index (χ2n) is 6.74. The Morgan fingerprint density at radius 1 is 1.11 bits per heavy atom. The number of nitrogens with zero attached hydrogens (tertiary/aromatic N) is 3. The second-order valence-corrected chi connectivity index (χ2v) is 6.74. The number of ether oxygens (including phenoxy) is 1. The van der Waals surface area contributed by atoms with Crippen molar-refractivity contribution >= 4 is 16.7 Å². The van der Waals surface area contributed by atoms with Crippen LogP contribution in [-0.2, 0) is 11.2 Å².